The molecular formula is C15H21N3. The van der Waals surface area contributed by atoms with Crippen molar-refractivity contribution in [1.82, 2.24) is 10.2 Å². The van der Waals surface area contributed by atoms with Crippen LogP contribution in [-0.4, -0.2) is 32.1 Å². The molecule has 0 bridgehead atoms. The van der Waals surface area contributed by atoms with Crippen LogP contribution < -0.4 is 5.32 Å². The number of nitriles is 1. The molecule has 1 heterocycles. The van der Waals surface area contributed by atoms with E-state index < -0.39 is 0 Å². The molecule has 0 saturated carbocycles. The second-order valence-corrected chi connectivity index (χ2v) is 5.08. The maximum Gasteiger partial charge on any atom is 0.0995 e. The highest BCUT2D eigenvalue weighted by molar-refractivity contribution is 5.40. The Balaban J connectivity index is 2.34. The summed E-state index contributed by atoms with van der Waals surface area (Å²) in [6, 6.07) is 10.7. The van der Waals surface area contributed by atoms with Crippen LogP contribution in [0.2, 0.25) is 0 Å². The Morgan fingerprint density at radius 1 is 1.44 bits per heavy atom. The van der Waals surface area contributed by atoms with E-state index in [4.69, 9.17) is 0 Å². The lowest BCUT2D eigenvalue weighted by molar-refractivity contribution is 0.120. The average Bonchev–Trinajstić information content (AvgIpc) is 2.39. The molecule has 2 rings (SSSR count). The van der Waals surface area contributed by atoms with E-state index in [1.54, 1.807) is 0 Å². The Labute approximate surface area is 109 Å². The minimum Gasteiger partial charge on any atom is -0.319 e. The molecule has 0 amide bonds. The molecule has 3 heteroatoms. The molecule has 18 heavy (non-hydrogen) atoms. The van der Waals surface area contributed by atoms with Crippen LogP contribution in [0.3, 0.4) is 0 Å². The van der Waals surface area contributed by atoms with Crippen LogP contribution in [0.25, 0.3) is 0 Å². The fourth-order valence-electron chi connectivity index (χ4n) is 3.08. The third kappa shape index (κ3) is 2.55. The quantitative estimate of drug-likeness (QED) is 0.884. The summed E-state index contributed by atoms with van der Waals surface area (Å²) in [5.74, 6) is 0.586. The predicted molar refractivity (Wildman–Crippen MR) is 73.2 cm³/mol. The fraction of sp³-hybridized carbons (Fsp3) is 0.533. The number of benzene rings is 1. The molecule has 96 valence electrons. The Kier molecular flexibility index (Phi) is 4.35. The van der Waals surface area contributed by atoms with Crippen LogP contribution in [0.4, 0.5) is 0 Å². The maximum atomic E-state index is 9.27. The van der Waals surface area contributed by atoms with Gasteiger partial charge in [0, 0.05) is 6.04 Å². The number of likely N-dealkylation sites (tertiary alicyclic amines) is 1. The molecule has 1 aromatic carbocycles. The lowest BCUT2D eigenvalue weighted by Gasteiger charge is -2.40. The Morgan fingerprint density at radius 3 is 2.94 bits per heavy atom. The van der Waals surface area contributed by atoms with Gasteiger partial charge in [-0.3, -0.25) is 4.90 Å². The van der Waals surface area contributed by atoms with Crippen molar-refractivity contribution >= 4 is 0 Å². The largest absolute Gasteiger partial charge is 0.319 e. The van der Waals surface area contributed by atoms with Crippen molar-refractivity contribution < 1.29 is 0 Å². The van der Waals surface area contributed by atoms with Gasteiger partial charge in [-0.15, -0.1) is 0 Å². The zero-order valence-electron chi connectivity index (χ0n) is 11.2. The molecule has 2 atom stereocenters. The maximum absolute atomic E-state index is 9.27. The molecule has 0 aromatic heterocycles. The molecular weight excluding hydrogens is 222 g/mol. The first kappa shape index (κ1) is 13.1. The highest BCUT2D eigenvalue weighted by Gasteiger charge is 2.31. The Hall–Kier alpha value is -1.37. The second-order valence-electron chi connectivity index (χ2n) is 5.08. The van der Waals surface area contributed by atoms with Gasteiger partial charge in [-0.1, -0.05) is 18.2 Å². The molecule has 1 aliphatic heterocycles. The smallest absolute Gasteiger partial charge is 0.0995 e. The molecule has 1 aromatic rings. The monoisotopic (exact) mass is 243 g/mol. The van der Waals surface area contributed by atoms with Crippen molar-refractivity contribution in [1.29, 1.82) is 5.26 Å². The molecule has 1 aliphatic rings. The van der Waals surface area contributed by atoms with Gasteiger partial charge in [0.25, 0.3) is 0 Å². The summed E-state index contributed by atoms with van der Waals surface area (Å²) in [7, 11) is 4.17. The Morgan fingerprint density at radius 2 is 2.22 bits per heavy atom. The number of hydrogen-bond acceptors (Lipinski definition) is 3. The van der Waals surface area contributed by atoms with Crippen LogP contribution in [0.1, 0.15) is 30.0 Å². The minimum atomic E-state index is 0.363. The summed E-state index contributed by atoms with van der Waals surface area (Å²) in [4.78, 5) is 2.39. The van der Waals surface area contributed by atoms with Crippen LogP contribution in [0.15, 0.2) is 24.3 Å². The molecule has 1 fully saturated rings. The van der Waals surface area contributed by atoms with Crippen LogP contribution in [0.5, 0.6) is 0 Å². The first-order valence-electron chi connectivity index (χ1n) is 6.61. The summed E-state index contributed by atoms with van der Waals surface area (Å²) in [6.45, 7) is 2.12. The van der Waals surface area contributed by atoms with Gasteiger partial charge in [0.05, 0.1) is 11.6 Å². The van der Waals surface area contributed by atoms with Gasteiger partial charge in [-0.2, -0.15) is 5.26 Å². The van der Waals surface area contributed by atoms with Gasteiger partial charge in [0.2, 0.25) is 0 Å². The fourth-order valence-corrected chi connectivity index (χ4v) is 3.08. The standard InChI is InChI=1S/C15H21N3/c1-17-11-13-7-5-9-18(2)15(13)14-8-4-3-6-12(14)10-16/h3-4,6,8,13,15,17H,5,7,9,11H2,1-2H3. The van der Waals surface area contributed by atoms with Crippen molar-refractivity contribution in [3.63, 3.8) is 0 Å². The van der Waals surface area contributed by atoms with E-state index in [1.165, 1.54) is 18.4 Å². The molecule has 1 saturated heterocycles. The van der Waals surface area contributed by atoms with Crippen LogP contribution >= 0.6 is 0 Å². The summed E-state index contributed by atoms with van der Waals surface area (Å²) in [6.07, 6.45) is 2.48. The van der Waals surface area contributed by atoms with Crippen molar-refractivity contribution in [2.45, 2.75) is 18.9 Å². The van der Waals surface area contributed by atoms with E-state index in [-0.39, 0.29) is 0 Å². The number of rotatable bonds is 3. The van der Waals surface area contributed by atoms with E-state index in [1.807, 2.05) is 25.2 Å². The molecule has 3 nitrogen and oxygen atoms in total. The lowest BCUT2D eigenvalue weighted by atomic mass is 9.83. The SMILES string of the molecule is CNCC1CCCN(C)C1c1ccccc1C#N. The molecule has 0 aliphatic carbocycles. The van der Waals surface area contributed by atoms with Crippen molar-refractivity contribution in [3.05, 3.63) is 35.4 Å². The number of hydrogen-bond donors (Lipinski definition) is 1. The van der Waals surface area contributed by atoms with Crippen LogP contribution in [-0.2, 0) is 0 Å². The van der Waals surface area contributed by atoms with E-state index in [0.717, 1.165) is 18.7 Å². The second kappa shape index (κ2) is 5.99. The molecule has 2 unspecified atom stereocenters. The first-order valence-corrected chi connectivity index (χ1v) is 6.61. The predicted octanol–water partition coefficient (Wildman–Crippen LogP) is 2.16. The van der Waals surface area contributed by atoms with E-state index in [9.17, 15) is 5.26 Å². The summed E-state index contributed by atoms with van der Waals surface area (Å²) >= 11 is 0. The Bertz CT molecular complexity index is 434. The third-order valence-electron chi connectivity index (χ3n) is 3.87. The van der Waals surface area contributed by atoms with Gasteiger partial charge < -0.3 is 5.32 Å². The van der Waals surface area contributed by atoms with E-state index in [0.29, 0.717) is 12.0 Å². The summed E-state index contributed by atoms with van der Waals surface area (Å²) in [5, 5.41) is 12.6. The summed E-state index contributed by atoms with van der Waals surface area (Å²) in [5.41, 5.74) is 2.00. The summed E-state index contributed by atoms with van der Waals surface area (Å²) < 4.78 is 0. The highest BCUT2D eigenvalue weighted by atomic mass is 15.1. The number of nitrogens with zero attached hydrogens (tertiary/aromatic N) is 2. The van der Waals surface area contributed by atoms with Gasteiger partial charge in [-0.05, 0) is 57.6 Å². The average molecular weight is 243 g/mol. The van der Waals surface area contributed by atoms with Crippen molar-refractivity contribution in [2.75, 3.05) is 27.2 Å². The van der Waals surface area contributed by atoms with Crippen molar-refractivity contribution in [2.24, 2.45) is 5.92 Å². The molecule has 0 spiro atoms. The highest BCUT2D eigenvalue weighted by Crippen LogP contribution is 2.35. The zero-order valence-corrected chi connectivity index (χ0v) is 11.2. The van der Waals surface area contributed by atoms with Gasteiger partial charge in [0.1, 0.15) is 0 Å². The van der Waals surface area contributed by atoms with Gasteiger partial charge in [-0.25, -0.2) is 0 Å². The molecule has 0 radical (unpaired) electrons. The normalized spacial score (nSPS) is 24.7. The van der Waals surface area contributed by atoms with E-state index in [2.05, 4.69) is 29.4 Å². The minimum absolute atomic E-state index is 0.363. The third-order valence-corrected chi connectivity index (χ3v) is 3.87. The van der Waals surface area contributed by atoms with Crippen LogP contribution in [0, 0.1) is 17.2 Å². The van der Waals surface area contributed by atoms with Crippen molar-refractivity contribution in [3.8, 4) is 6.07 Å². The first-order chi connectivity index (χ1) is 8.77. The number of piperidine rings is 1. The van der Waals surface area contributed by atoms with Gasteiger partial charge >= 0.3 is 0 Å². The zero-order chi connectivity index (χ0) is 13.0. The number of nitrogens with one attached hydrogen (secondary N) is 1. The topological polar surface area (TPSA) is 39.1 Å². The molecule has 1 N–H and O–H groups in total. The van der Waals surface area contributed by atoms with E-state index >= 15 is 0 Å². The van der Waals surface area contributed by atoms with Gasteiger partial charge in [0.15, 0.2) is 0 Å². The lowest BCUT2D eigenvalue weighted by Crippen LogP contribution is -2.40.